The average Bonchev–Trinajstić information content (AvgIpc) is 2.82. The summed E-state index contributed by atoms with van der Waals surface area (Å²) >= 11 is 39.0. The van der Waals surface area contributed by atoms with Gasteiger partial charge in [0.25, 0.3) is 0 Å². The molecule has 18 heteroatoms. The van der Waals surface area contributed by atoms with E-state index in [-0.39, 0.29) is 40.8 Å². The van der Waals surface area contributed by atoms with E-state index in [1.54, 1.807) is 18.2 Å². The van der Waals surface area contributed by atoms with Gasteiger partial charge in [-0.3, -0.25) is 0 Å². The van der Waals surface area contributed by atoms with Crippen LogP contribution in [0.25, 0.3) is 0 Å². The fraction of sp³-hybridized carbons (Fsp3) is 0. The molecule has 0 fully saturated rings. The molecule has 1 aliphatic heterocycles. The summed E-state index contributed by atoms with van der Waals surface area (Å²) in [5.41, 5.74) is 18.7. The molecule has 3 aromatic carbocycles. The number of hydrogen-bond acceptors (Lipinski definition) is 9. The second-order valence-corrected chi connectivity index (χ2v) is 16.6. The molecule has 1 unspecified atom stereocenters. The van der Waals surface area contributed by atoms with Crippen LogP contribution in [0, 0.1) is 0 Å². The molecule has 0 saturated carbocycles. The van der Waals surface area contributed by atoms with Gasteiger partial charge in [-0.1, -0.05) is 0 Å². The number of nitrogens with two attached hydrogens (primary N) is 3. The van der Waals surface area contributed by atoms with Gasteiger partial charge >= 0.3 is 240 Å². The van der Waals surface area contributed by atoms with Crippen molar-refractivity contribution in [1.82, 2.24) is 7.92 Å². The number of halogens is 6. The van der Waals surface area contributed by atoms with Crippen LogP contribution in [0.3, 0.4) is 0 Å². The van der Waals surface area contributed by atoms with Gasteiger partial charge in [0, 0.05) is 0 Å². The second kappa shape index (κ2) is 10.7. The van der Waals surface area contributed by atoms with E-state index in [0.717, 1.165) is 7.92 Å². The Bertz CT molecular complexity index is 1230. The molecule has 0 spiro atoms. The third-order valence-electron chi connectivity index (χ3n) is 4.44. The number of benzene rings is 3. The normalized spacial score (nSPS) is 20.7. The first-order valence-corrected chi connectivity index (χ1v) is 16.2. The Morgan fingerprint density at radius 3 is 1.42 bits per heavy atom. The Kier molecular flexibility index (Phi) is 8.34. The minimum absolute atomic E-state index is 0.0642. The van der Waals surface area contributed by atoms with Gasteiger partial charge in [0.15, 0.2) is 0 Å². The third-order valence-corrected chi connectivity index (χ3v) is 15.6. The van der Waals surface area contributed by atoms with Gasteiger partial charge < -0.3 is 0 Å². The Balaban J connectivity index is 2.01. The standard InChI is InChI=1S/C18H15Cl6N6O3P3/c19-13-7-10(25)1-4-16(13)31-36(28-34-29(22)35(24)30(36)23,32-17-5-2-11(26)8-14(17)20)33-18-6-3-12(27)9-15(18)21/h1-9H,25-27H2. The van der Waals surface area contributed by atoms with Crippen LogP contribution in [0.4, 0.5) is 17.1 Å². The van der Waals surface area contributed by atoms with Crippen LogP contribution in [-0.2, 0) is 0 Å². The van der Waals surface area contributed by atoms with E-state index in [1.807, 2.05) is 0 Å². The summed E-state index contributed by atoms with van der Waals surface area (Å²) in [6.07, 6.45) is 0. The predicted octanol–water partition coefficient (Wildman–Crippen LogP) is 9.49. The van der Waals surface area contributed by atoms with Gasteiger partial charge in [0.2, 0.25) is 0 Å². The van der Waals surface area contributed by atoms with Gasteiger partial charge in [0.05, 0.1) is 0 Å². The van der Waals surface area contributed by atoms with Crippen molar-refractivity contribution in [3.05, 3.63) is 69.7 Å². The van der Waals surface area contributed by atoms with Crippen LogP contribution < -0.4 is 30.8 Å². The van der Waals surface area contributed by atoms with Crippen molar-refractivity contribution < 1.29 is 13.6 Å². The molecule has 1 aliphatic rings. The van der Waals surface area contributed by atoms with Crippen molar-refractivity contribution in [1.29, 1.82) is 0 Å². The van der Waals surface area contributed by atoms with E-state index in [1.165, 1.54) is 36.4 Å². The molecule has 0 aromatic heterocycles. The molecule has 1 atom stereocenters. The molecule has 3 aromatic rings. The van der Waals surface area contributed by atoms with Crippen LogP contribution >= 0.6 is 93.3 Å². The van der Waals surface area contributed by atoms with Gasteiger partial charge in [0.1, 0.15) is 0 Å². The Morgan fingerprint density at radius 2 is 1.08 bits per heavy atom. The molecule has 0 amide bonds. The molecular weight excluding hydrogens is 654 g/mol. The number of nitrogen functional groups attached to an aromatic ring is 3. The van der Waals surface area contributed by atoms with E-state index < -0.39 is 15.2 Å². The molecule has 0 saturated heterocycles. The van der Waals surface area contributed by atoms with Gasteiger partial charge in [-0.2, -0.15) is 0 Å². The molecular formula is C18H15Cl6N6O3P3. The number of nitrogens with zero attached hydrogens (tertiary/aromatic N) is 3. The SMILES string of the molecule is Nc1ccc(OP2(Oc3ccc(N)cc3Cl)(Oc3ccc(N)cc3Cl)N=PN(Cl)P(Cl)N2Cl)c(Cl)c1. The number of hydrogen-bond donors (Lipinski definition) is 3. The van der Waals surface area contributed by atoms with Crippen LogP contribution in [0.2, 0.25) is 15.1 Å². The van der Waals surface area contributed by atoms with E-state index in [9.17, 15) is 0 Å². The predicted molar refractivity (Wildman–Crippen MR) is 154 cm³/mol. The third kappa shape index (κ3) is 5.44. The second-order valence-electron chi connectivity index (χ2n) is 7.05. The zero-order chi connectivity index (χ0) is 26.3. The first-order valence-electron chi connectivity index (χ1n) is 9.51. The van der Waals surface area contributed by atoms with E-state index in [2.05, 4.69) is 4.52 Å². The number of anilines is 3. The van der Waals surface area contributed by atoms with Crippen molar-refractivity contribution in [3.63, 3.8) is 0 Å². The van der Waals surface area contributed by atoms with Crippen LogP contribution in [-0.4, -0.2) is 7.92 Å². The van der Waals surface area contributed by atoms with E-state index >= 15 is 0 Å². The van der Waals surface area contributed by atoms with Crippen molar-refractivity contribution in [2.75, 3.05) is 17.2 Å². The Hall–Kier alpha value is -0.920. The van der Waals surface area contributed by atoms with Crippen molar-refractivity contribution >= 4 is 110 Å². The quantitative estimate of drug-likeness (QED) is 0.135. The fourth-order valence-electron chi connectivity index (χ4n) is 2.84. The van der Waals surface area contributed by atoms with Crippen molar-refractivity contribution in [3.8, 4) is 17.2 Å². The monoisotopic (exact) mass is 666 g/mol. The first-order chi connectivity index (χ1) is 16.9. The summed E-state index contributed by atoms with van der Waals surface area (Å²) in [5.74, 6) is 0.193. The summed E-state index contributed by atoms with van der Waals surface area (Å²) in [5, 5.41) is 0.339. The zero-order valence-electron chi connectivity index (χ0n) is 17.6. The Morgan fingerprint density at radius 1 is 0.722 bits per heavy atom. The van der Waals surface area contributed by atoms with Crippen molar-refractivity contribution in [2.45, 2.75) is 0 Å². The molecule has 6 N–H and O–H groups in total. The topological polar surface area (TPSA) is 125 Å². The summed E-state index contributed by atoms with van der Waals surface area (Å²) in [4.78, 5) is 0. The molecule has 192 valence electrons. The number of rotatable bonds is 6. The molecule has 9 nitrogen and oxygen atoms in total. The Labute approximate surface area is 239 Å². The van der Waals surface area contributed by atoms with Crippen LogP contribution in [0.15, 0.2) is 59.1 Å². The molecule has 0 aliphatic carbocycles. The first kappa shape index (κ1) is 28.1. The van der Waals surface area contributed by atoms with Crippen LogP contribution in [0.5, 0.6) is 17.2 Å². The van der Waals surface area contributed by atoms with Gasteiger partial charge in [-0.15, -0.1) is 0 Å². The van der Waals surface area contributed by atoms with Crippen molar-refractivity contribution in [2.24, 2.45) is 4.52 Å². The van der Waals surface area contributed by atoms with Gasteiger partial charge in [-0.25, -0.2) is 0 Å². The van der Waals surface area contributed by atoms with Gasteiger partial charge in [-0.05, 0) is 0 Å². The summed E-state index contributed by atoms with van der Waals surface area (Å²) < 4.78 is 25.9. The zero-order valence-corrected chi connectivity index (χ0v) is 24.8. The molecule has 36 heavy (non-hydrogen) atoms. The average molecular weight is 669 g/mol. The summed E-state index contributed by atoms with van der Waals surface area (Å²) in [6.45, 7) is 0. The van der Waals surface area contributed by atoms with Crippen LogP contribution in [0.1, 0.15) is 0 Å². The molecule has 0 bridgehead atoms. The minimum atomic E-state index is -5.22. The van der Waals surface area contributed by atoms with E-state index in [4.69, 9.17) is 100 Å². The summed E-state index contributed by atoms with van der Waals surface area (Å²) in [7, 11) is -7.18. The van der Waals surface area contributed by atoms with E-state index in [0.29, 0.717) is 17.1 Å². The molecule has 4 rings (SSSR count). The fourth-order valence-corrected chi connectivity index (χ4v) is 12.9. The maximum absolute atomic E-state index is 6.83. The molecule has 0 radical (unpaired) electrons. The maximum atomic E-state index is 6.83. The molecule has 1 heterocycles. The summed E-state index contributed by atoms with van der Waals surface area (Å²) in [6, 6.07) is 13.5.